The topological polar surface area (TPSA) is 36.4 Å². The van der Waals surface area contributed by atoms with E-state index in [-0.39, 0.29) is 12.4 Å². The van der Waals surface area contributed by atoms with Crippen LogP contribution >= 0.6 is 15.9 Å². The Labute approximate surface area is 109 Å². The smallest absolute Gasteiger partial charge is 0.166 e. The third-order valence-electron chi connectivity index (χ3n) is 3.14. The SMILES string of the molecule is OCCC1CCCN(c2ncc(Br)cc2F)C1. The molecule has 1 aliphatic rings. The number of halogens is 2. The summed E-state index contributed by atoms with van der Waals surface area (Å²) in [7, 11) is 0. The summed E-state index contributed by atoms with van der Waals surface area (Å²) in [5.41, 5.74) is 0. The largest absolute Gasteiger partial charge is 0.396 e. The second-order valence-corrected chi connectivity index (χ2v) is 5.34. The molecule has 94 valence electrons. The summed E-state index contributed by atoms with van der Waals surface area (Å²) in [6.07, 6.45) is 4.54. The normalized spacial score (nSPS) is 20.6. The highest BCUT2D eigenvalue weighted by molar-refractivity contribution is 9.10. The van der Waals surface area contributed by atoms with E-state index in [9.17, 15) is 4.39 Å². The van der Waals surface area contributed by atoms with Crippen LogP contribution in [-0.2, 0) is 0 Å². The minimum atomic E-state index is -0.288. The van der Waals surface area contributed by atoms with Crippen molar-refractivity contribution in [3.05, 3.63) is 22.6 Å². The number of piperidine rings is 1. The van der Waals surface area contributed by atoms with Crippen molar-refractivity contribution < 1.29 is 9.50 Å². The quantitative estimate of drug-likeness (QED) is 0.932. The van der Waals surface area contributed by atoms with Gasteiger partial charge in [-0.15, -0.1) is 0 Å². The molecule has 1 saturated heterocycles. The Bertz CT molecular complexity index is 387. The third-order valence-corrected chi connectivity index (χ3v) is 3.58. The van der Waals surface area contributed by atoms with Gasteiger partial charge in [-0.1, -0.05) is 0 Å². The fourth-order valence-electron chi connectivity index (χ4n) is 2.32. The van der Waals surface area contributed by atoms with Gasteiger partial charge in [0.1, 0.15) is 0 Å². The highest BCUT2D eigenvalue weighted by atomic mass is 79.9. The number of aliphatic hydroxyl groups excluding tert-OH is 1. The average Bonchev–Trinajstić information content (AvgIpc) is 2.29. The van der Waals surface area contributed by atoms with E-state index in [2.05, 4.69) is 20.9 Å². The fourth-order valence-corrected chi connectivity index (χ4v) is 2.62. The van der Waals surface area contributed by atoms with E-state index in [4.69, 9.17) is 5.11 Å². The molecule has 17 heavy (non-hydrogen) atoms. The molecule has 2 heterocycles. The van der Waals surface area contributed by atoms with Crippen LogP contribution in [0, 0.1) is 11.7 Å². The standard InChI is InChI=1S/C12H16BrFN2O/c13-10-6-11(14)12(15-7-10)16-4-1-2-9(8-16)3-5-17/h6-7,9,17H,1-5,8H2. The summed E-state index contributed by atoms with van der Waals surface area (Å²) in [5.74, 6) is 0.582. The van der Waals surface area contributed by atoms with Gasteiger partial charge in [0.15, 0.2) is 11.6 Å². The maximum Gasteiger partial charge on any atom is 0.166 e. The van der Waals surface area contributed by atoms with Gasteiger partial charge in [0, 0.05) is 30.4 Å². The van der Waals surface area contributed by atoms with Crippen molar-refractivity contribution >= 4 is 21.7 Å². The van der Waals surface area contributed by atoms with E-state index < -0.39 is 0 Å². The zero-order chi connectivity index (χ0) is 12.3. The van der Waals surface area contributed by atoms with Crippen LogP contribution in [0.2, 0.25) is 0 Å². The van der Waals surface area contributed by atoms with Crippen LogP contribution in [0.5, 0.6) is 0 Å². The van der Waals surface area contributed by atoms with Crippen molar-refractivity contribution in [2.45, 2.75) is 19.3 Å². The first-order valence-electron chi connectivity index (χ1n) is 5.87. The Balaban J connectivity index is 2.10. The van der Waals surface area contributed by atoms with E-state index in [1.54, 1.807) is 6.20 Å². The van der Waals surface area contributed by atoms with Gasteiger partial charge in [-0.25, -0.2) is 9.37 Å². The maximum atomic E-state index is 13.8. The first kappa shape index (κ1) is 12.8. The molecule has 0 bridgehead atoms. The van der Waals surface area contributed by atoms with Gasteiger partial charge in [-0.3, -0.25) is 0 Å². The zero-order valence-corrected chi connectivity index (χ0v) is 11.2. The molecule has 0 aliphatic carbocycles. The van der Waals surface area contributed by atoms with Crippen LogP contribution in [0.25, 0.3) is 0 Å². The first-order valence-corrected chi connectivity index (χ1v) is 6.67. The Hall–Kier alpha value is -0.680. The van der Waals surface area contributed by atoms with Crippen molar-refractivity contribution in [3.63, 3.8) is 0 Å². The number of nitrogens with zero attached hydrogens (tertiary/aromatic N) is 2. The molecular formula is C12H16BrFN2O. The summed E-state index contributed by atoms with van der Waals surface area (Å²) in [5, 5.41) is 8.95. The lowest BCUT2D eigenvalue weighted by Gasteiger charge is -2.33. The van der Waals surface area contributed by atoms with Gasteiger partial charge in [0.25, 0.3) is 0 Å². The second kappa shape index (κ2) is 5.78. The van der Waals surface area contributed by atoms with Crippen molar-refractivity contribution in [2.75, 3.05) is 24.6 Å². The first-order chi connectivity index (χ1) is 8.20. The van der Waals surface area contributed by atoms with Crippen LogP contribution in [0.4, 0.5) is 10.2 Å². The summed E-state index contributed by atoms with van der Waals surface area (Å²) in [6, 6.07) is 1.44. The average molecular weight is 303 g/mol. The van der Waals surface area contributed by atoms with Gasteiger partial charge >= 0.3 is 0 Å². The molecule has 0 amide bonds. The number of anilines is 1. The molecular weight excluding hydrogens is 287 g/mol. The number of rotatable bonds is 3. The van der Waals surface area contributed by atoms with Crippen LogP contribution < -0.4 is 4.90 Å². The lowest BCUT2D eigenvalue weighted by Crippen LogP contribution is -2.36. The summed E-state index contributed by atoms with van der Waals surface area (Å²) < 4.78 is 14.4. The fraction of sp³-hybridized carbons (Fsp3) is 0.583. The number of hydrogen-bond acceptors (Lipinski definition) is 3. The maximum absolute atomic E-state index is 13.8. The molecule has 0 radical (unpaired) electrons. The van der Waals surface area contributed by atoms with E-state index in [0.717, 1.165) is 32.4 Å². The van der Waals surface area contributed by atoms with Crippen molar-refractivity contribution in [2.24, 2.45) is 5.92 Å². The van der Waals surface area contributed by atoms with E-state index >= 15 is 0 Å². The Morgan fingerprint density at radius 2 is 2.41 bits per heavy atom. The molecule has 2 rings (SSSR count). The van der Waals surface area contributed by atoms with E-state index in [1.165, 1.54) is 6.07 Å². The van der Waals surface area contributed by atoms with Crippen LogP contribution in [0.3, 0.4) is 0 Å². The van der Waals surface area contributed by atoms with E-state index in [1.807, 2.05) is 4.90 Å². The van der Waals surface area contributed by atoms with Gasteiger partial charge in [0.05, 0.1) is 0 Å². The predicted molar refractivity (Wildman–Crippen MR) is 68.5 cm³/mol. The number of aromatic nitrogens is 1. The molecule has 1 aromatic heterocycles. The van der Waals surface area contributed by atoms with Gasteiger partial charge in [0.2, 0.25) is 0 Å². The summed E-state index contributed by atoms with van der Waals surface area (Å²) in [4.78, 5) is 6.12. The van der Waals surface area contributed by atoms with Gasteiger partial charge < -0.3 is 10.0 Å². The minimum Gasteiger partial charge on any atom is -0.396 e. The molecule has 0 spiro atoms. The highest BCUT2D eigenvalue weighted by Gasteiger charge is 2.22. The zero-order valence-electron chi connectivity index (χ0n) is 9.57. The summed E-state index contributed by atoms with van der Waals surface area (Å²) in [6.45, 7) is 1.83. The van der Waals surface area contributed by atoms with Crippen molar-refractivity contribution in [1.29, 1.82) is 0 Å². The molecule has 5 heteroatoms. The minimum absolute atomic E-state index is 0.203. The molecule has 1 aromatic rings. The molecule has 1 atom stereocenters. The Morgan fingerprint density at radius 3 is 3.12 bits per heavy atom. The van der Waals surface area contributed by atoms with Crippen molar-refractivity contribution in [1.82, 2.24) is 4.98 Å². The monoisotopic (exact) mass is 302 g/mol. The number of hydrogen-bond donors (Lipinski definition) is 1. The number of aliphatic hydroxyl groups is 1. The molecule has 1 N–H and O–H groups in total. The molecule has 1 fully saturated rings. The molecule has 0 aromatic carbocycles. The predicted octanol–water partition coefficient (Wildman–Crippen LogP) is 2.58. The molecule has 1 aliphatic heterocycles. The van der Waals surface area contributed by atoms with Crippen molar-refractivity contribution in [3.8, 4) is 0 Å². The lowest BCUT2D eigenvalue weighted by atomic mass is 9.95. The van der Waals surface area contributed by atoms with Crippen LogP contribution in [0.15, 0.2) is 16.7 Å². The lowest BCUT2D eigenvalue weighted by molar-refractivity contribution is 0.244. The van der Waals surface area contributed by atoms with Gasteiger partial charge in [-0.2, -0.15) is 0 Å². The molecule has 3 nitrogen and oxygen atoms in total. The van der Waals surface area contributed by atoms with Gasteiger partial charge in [-0.05, 0) is 47.2 Å². The third kappa shape index (κ3) is 3.16. The highest BCUT2D eigenvalue weighted by Crippen LogP contribution is 2.26. The molecule has 1 unspecified atom stereocenters. The Morgan fingerprint density at radius 1 is 1.59 bits per heavy atom. The molecule has 0 saturated carbocycles. The summed E-state index contributed by atoms with van der Waals surface area (Å²) >= 11 is 3.20. The number of pyridine rings is 1. The second-order valence-electron chi connectivity index (χ2n) is 4.43. The Kier molecular flexibility index (Phi) is 4.34. The van der Waals surface area contributed by atoms with E-state index in [0.29, 0.717) is 16.2 Å². The van der Waals surface area contributed by atoms with Crippen LogP contribution in [0.1, 0.15) is 19.3 Å². The van der Waals surface area contributed by atoms with Crippen LogP contribution in [-0.4, -0.2) is 29.8 Å².